The number of carbonyl (C=O) groups is 2. The Kier molecular flexibility index (Phi) is 2.79. The molecule has 1 aromatic carbocycles. The number of imide groups is 1. The number of hydrogen-bond acceptors (Lipinski definition) is 4. The summed E-state index contributed by atoms with van der Waals surface area (Å²) in [6.45, 7) is 0.457. The highest BCUT2D eigenvalue weighted by Gasteiger charge is 2.44. The van der Waals surface area contributed by atoms with Crippen LogP contribution in [0.15, 0.2) is 24.1 Å². The van der Waals surface area contributed by atoms with E-state index in [4.69, 9.17) is 16.3 Å². The van der Waals surface area contributed by atoms with Crippen molar-refractivity contribution in [1.29, 1.82) is 0 Å². The number of nitrogens with zero attached hydrogens (tertiary/aromatic N) is 2. The fraction of sp³-hybridized carbons (Fsp3) is 0.167. The van der Waals surface area contributed by atoms with Gasteiger partial charge in [-0.05, 0) is 6.07 Å². The lowest BCUT2D eigenvalue weighted by atomic mass is 10.2. The van der Waals surface area contributed by atoms with E-state index >= 15 is 0 Å². The molecule has 0 spiro atoms. The number of fused-ring (bicyclic) bond motifs is 1. The summed E-state index contributed by atoms with van der Waals surface area (Å²) >= 11 is 5.57. The van der Waals surface area contributed by atoms with Crippen molar-refractivity contribution in [3.63, 3.8) is 0 Å². The summed E-state index contributed by atoms with van der Waals surface area (Å²) < 4.78 is 18.9. The summed E-state index contributed by atoms with van der Waals surface area (Å²) in [7, 11) is 0. The van der Waals surface area contributed by atoms with Crippen LogP contribution < -0.4 is 4.90 Å². The van der Waals surface area contributed by atoms with E-state index in [1.165, 1.54) is 4.90 Å². The molecular weight excluding hydrogens is 291 g/mol. The van der Waals surface area contributed by atoms with Crippen molar-refractivity contribution in [2.45, 2.75) is 0 Å². The van der Waals surface area contributed by atoms with Crippen LogP contribution in [0.25, 0.3) is 0 Å². The maximum atomic E-state index is 13.9. The van der Waals surface area contributed by atoms with Gasteiger partial charge in [-0.1, -0.05) is 11.6 Å². The third-order valence-corrected chi connectivity index (χ3v) is 3.32. The number of urea groups is 1. The van der Waals surface area contributed by atoms with Crippen LogP contribution in [0.2, 0.25) is 5.02 Å². The Morgan fingerprint density at radius 2 is 2.10 bits per heavy atom. The van der Waals surface area contributed by atoms with Gasteiger partial charge in [-0.15, -0.1) is 0 Å². The lowest BCUT2D eigenvalue weighted by molar-refractivity contribution is -0.114. The molecular formula is C12H8ClFN2O4. The molecule has 2 heterocycles. The monoisotopic (exact) mass is 298 g/mol. The van der Waals surface area contributed by atoms with Gasteiger partial charge in [0.15, 0.2) is 0 Å². The van der Waals surface area contributed by atoms with Gasteiger partial charge in [0.2, 0.25) is 0 Å². The fourth-order valence-electron chi connectivity index (χ4n) is 2.06. The molecule has 3 rings (SSSR count). The predicted octanol–water partition coefficient (Wildman–Crippen LogP) is 1.82. The molecule has 3 amide bonds. The molecule has 6 nitrogen and oxygen atoms in total. The average Bonchev–Trinajstić information content (AvgIpc) is 2.68. The Morgan fingerprint density at radius 3 is 2.80 bits per heavy atom. The zero-order chi connectivity index (χ0) is 14.4. The van der Waals surface area contributed by atoms with Crippen molar-refractivity contribution in [2.75, 3.05) is 18.1 Å². The first-order chi connectivity index (χ1) is 9.50. The molecule has 0 bridgehead atoms. The number of phenolic OH excluding ortho intramolecular Hbond substituents is 1. The molecule has 0 saturated carbocycles. The third kappa shape index (κ3) is 1.70. The molecule has 2 aliphatic heterocycles. The smallest absolute Gasteiger partial charge is 0.336 e. The lowest BCUT2D eigenvalue weighted by Crippen LogP contribution is -2.35. The van der Waals surface area contributed by atoms with Crippen LogP contribution in [-0.4, -0.2) is 35.1 Å². The number of anilines is 1. The van der Waals surface area contributed by atoms with Crippen LogP contribution in [0.4, 0.5) is 14.9 Å². The van der Waals surface area contributed by atoms with Crippen molar-refractivity contribution in [2.24, 2.45) is 0 Å². The molecule has 0 unspecified atom stereocenters. The molecule has 8 heteroatoms. The highest BCUT2D eigenvalue weighted by atomic mass is 35.5. The Labute approximate surface area is 117 Å². The minimum absolute atomic E-state index is 0.0371. The predicted molar refractivity (Wildman–Crippen MR) is 66.7 cm³/mol. The van der Waals surface area contributed by atoms with Crippen LogP contribution in [-0.2, 0) is 9.53 Å². The molecule has 1 aromatic rings. The zero-order valence-electron chi connectivity index (χ0n) is 9.97. The summed E-state index contributed by atoms with van der Waals surface area (Å²) in [5.74, 6) is -2.01. The van der Waals surface area contributed by atoms with Gasteiger partial charge in [0.05, 0.1) is 17.3 Å². The number of ether oxygens (including phenoxy) is 1. The Bertz CT molecular complexity index is 661. The molecule has 0 aromatic heterocycles. The van der Waals surface area contributed by atoms with Gasteiger partial charge in [-0.2, -0.15) is 0 Å². The van der Waals surface area contributed by atoms with Crippen LogP contribution in [0, 0.1) is 5.82 Å². The number of carbonyl (C=O) groups excluding carboxylic acids is 2. The third-order valence-electron chi connectivity index (χ3n) is 3.02. The van der Waals surface area contributed by atoms with Crippen LogP contribution in [0.5, 0.6) is 5.75 Å². The number of amides is 3. The summed E-state index contributed by atoms with van der Waals surface area (Å²) in [5, 5.41) is 9.31. The first-order valence-electron chi connectivity index (χ1n) is 5.66. The highest BCUT2D eigenvalue weighted by Crippen LogP contribution is 2.35. The van der Waals surface area contributed by atoms with Gasteiger partial charge in [0.1, 0.15) is 30.1 Å². The normalized spacial score (nSPS) is 18.0. The quantitative estimate of drug-likeness (QED) is 0.803. The molecule has 0 radical (unpaired) electrons. The van der Waals surface area contributed by atoms with Crippen molar-refractivity contribution >= 4 is 29.2 Å². The Morgan fingerprint density at radius 1 is 1.35 bits per heavy atom. The maximum absolute atomic E-state index is 13.9. The number of benzene rings is 1. The number of hydrogen-bond donors (Lipinski definition) is 1. The first-order valence-corrected chi connectivity index (χ1v) is 6.04. The van der Waals surface area contributed by atoms with Gasteiger partial charge in [-0.25, -0.2) is 14.1 Å². The minimum Gasteiger partial charge on any atom is -0.506 e. The van der Waals surface area contributed by atoms with E-state index in [2.05, 4.69) is 0 Å². The van der Waals surface area contributed by atoms with Gasteiger partial charge >= 0.3 is 6.03 Å². The average molecular weight is 299 g/mol. The Balaban J connectivity index is 2.09. The molecule has 104 valence electrons. The second kappa shape index (κ2) is 4.38. The van der Waals surface area contributed by atoms with Gasteiger partial charge in [0, 0.05) is 6.07 Å². The molecule has 0 aliphatic carbocycles. The van der Waals surface area contributed by atoms with Crippen molar-refractivity contribution in [3.8, 4) is 5.75 Å². The van der Waals surface area contributed by atoms with Crippen LogP contribution in [0.1, 0.15) is 0 Å². The van der Waals surface area contributed by atoms with E-state index in [1.54, 1.807) is 0 Å². The van der Waals surface area contributed by atoms with Gasteiger partial charge < -0.3 is 9.84 Å². The van der Waals surface area contributed by atoms with E-state index in [0.29, 0.717) is 4.90 Å². The van der Waals surface area contributed by atoms with E-state index in [9.17, 15) is 19.1 Å². The van der Waals surface area contributed by atoms with Crippen LogP contribution in [0.3, 0.4) is 0 Å². The molecule has 1 fully saturated rings. The molecule has 2 aliphatic rings. The van der Waals surface area contributed by atoms with E-state index in [-0.39, 0.29) is 29.6 Å². The van der Waals surface area contributed by atoms with Crippen molar-refractivity contribution in [3.05, 3.63) is 34.9 Å². The molecule has 20 heavy (non-hydrogen) atoms. The number of rotatable bonds is 1. The maximum Gasteiger partial charge on any atom is 0.336 e. The molecule has 1 N–H and O–H groups in total. The number of halogens is 2. The standard InChI is InChI=1S/C12H8ClFN2O4/c13-6-3-7(14)8(4-10(6)17)16-11(18)9-5-20-2-1-15(9)12(16)19/h3-5,17H,1-2H2. The molecule has 1 saturated heterocycles. The molecule has 0 atom stereocenters. The second-order valence-electron chi connectivity index (χ2n) is 4.20. The van der Waals surface area contributed by atoms with Gasteiger partial charge in [0.25, 0.3) is 5.91 Å². The second-order valence-corrected chi connectivity index (χ2v) is 4.61. The number of aromatic hydroxyl groups is 1. The largest absolute Gasteiger partial charge is 0.506 e. The van der Waals surface area contributed by atoms with E-state index in [0.717, 1.165) is 18.4 Å². The number of phenols is 1. The van der Waals surface area contributed by atoms with E-state index < -0.39 is 23.5 Å². The SMILES string of the molecule is O=C1C2=COCCN2C(=O)N1c1cc(O)c(Cl)cc1F. The fourth-order valence-corrected chi connectivity index (χ4v) is 2.21. The minimum atomic E-state index is -0.879. The van der Waals surface area contributed by atoms with Crippen molar-refractivity contribution < 1.29 is 23.8 Å². The first kappa shape index (κ1) is 12.7. The summed E-state index contributed by atoms with van der Waals surface area (Å²) in [6, 6.07) is 1.09. The van der Waals surface area contributed by atoms with Gasteiger partial charge in [-0.3, -0.25) is 9.69 Å². The summed E-state index contributed by atoms with van der Waals surface area (Å²) in [4.78, 5) is 26.1. The zero-order valence-corrected chi connectivity index (χ0v) is 10.7. The van der Waals surface area contributed by atoms with E-state index in [1.807, 2.05) is 0 Å². The van der Waals surface area contributed by atoms with Crippen molar-refractivity contribution in [1.82, 2.24) is 4.90 Å². The lowest BCUT2D eigenvalue weighted by Gasteiger charge is -2.19. The summed E-state index contributed by atoms with van der Waals surface area (Å²) in [5.41, 5.74) is -0.313. The summed E-state index contributed by atoms with van der Waals surface area (Å²) in [6.07, 6.45) is 1.16. The topological polar surface area (TPSA) is 70.1 Å². The van der Waals surface area contributed by atoms with Crippen LogP contribution >= 0.6 is 11.6 Å². The highest BCUT2D eigenvalue weighted by molar-refractivity contribution is 6.32. The Hall–Kier alpha value is -2.28.